The van der Waals surface area contributed by atoms with Gasteiger partial charge in [0, 0.05) is 5.56 Å². The average molecular weight is 227 g/mol. The van der Waals surface area contributed by atoms with Crippen molar-refractivity contribution in [2.75, 3.05) is 7.11 Å². The van der Waals surface area contributed by atoms with Crippen molar-refractivity contribution in [3.8, 4) is 23.2 Å². The Morgan fingerprint density at radius 3 is 2.94 bits per heavy atom. The predicted molar refractivity (Wildman–Crippen MR) is 61.6 cm³/mol. The number of methoxy groups -OCH3 is 1. The summed E-state index contributed by atoms with van der Waals surface area (Å²) in [5.41, 5.74) is 0.280. The zero-order valence-corrected chi connectivity index (χ0v) is 9.10. The van der Waals surface area contributed by atoms with Crippen LogP contribution in [0.15, 0.2) is 35.3 Å². The summed E-state index contributed by atoms with van der Waals surface area (Å²) in [5.74, 6) is 1.09. The maximum Gasteiger partial charge on any atom is 0.269 e. The van der Waals surface area contributed by atoms with Crippen LogP contribution in [0.5, 0.6) is 5.75 Å². The van der Waals surface area contributed by atoms with Crippen LogP contribution >= 0.6 is 0 Å². The number of ether oxygens (including phenoxy) is 1. The molecule has 1 heterocycles. The van der Waals surface area contributed by atoms with Gasteiger partial charge in [0.15, 0.2) is 0 Å². The second-order valence-electron chi connectivity index (χ2n) is 3.32. The van der Waals surface area contributed by atoms with Crippen LogP contribution in [-0.4, -0.2) is 17.1 Å². The summed E-state index contributed by atoms with van der Waals surface area (Å²) in [5, 5.41) is 8.63. The molecule has 0 saturated heterocycles. The molecule has 0 amide bonds. The number of H-pyrrole nitrogens is 1. The van der Waals surface area contributed by atoms with Crippen LogP contribution in [0.1, 0.15) is 5.56 Å². The Bertz CT molecular complexity index is 641. The van der Waals surface area contributed by atoms with Crippen molar-refractivity contribution in [3.63, 3.8) is 0 Å². The third kappa shape index (κ3) is 2.16. The average Bonchev–Trinajstić information content (AvgIpc) is 2.38. The summed E-state index contributed by atoms with van der Waals surface area (Å²) in [4.78, 5) is 18.0. The van der Waals surface area contributed by atoms with Gasteiger partial charge in [-0.05, 0) is 12.1 Å². The summed E-state index contributed by atoms with van der Waals surface area (Å²) >= 11 is 0. The van der Waals surface area contributed by atoms with Gasteiger partial charge in [0.2, 0.25) is 0 Å². The smallest absolute Gasteiger partial charge is 0.269 e. The molecule has 2 aromatic rings. The Hall–Kier alpha value is -2.61. The van der Waals surface area contributed by atoms with E-state index < -0.39 is 5.56 Å². The second kappa shape index (κ2) is 4.49. The number of aromatic amines is 1. The highest BCUT2D eigenvalue weighted by atomic mass is 16.5. The van der Waals surface area contributed by atoms with Crippen molar-refractivity contribution in [1.82, 2.24) is 9.97 Å². The molecule has 0 atom stereocenters. The van der Waals surface area contributed by atoms with Gasteiger partial charge < -0.3 is 9.72 Å². The van der Waals surface area contributed by atoms with Gasteiger partial charge in [0.05, 0.1) is 13.3 Å². The number of nitriles is 1. The first-order valence-electron chi connectivity index (χ1n) is 4.88. The molecule has 1 aromatic carbocycles. The first-order valence-corrected chi connectivity index (χ1v) is 4.88. The van der Waals surface area contributed by atoms with Gasteiger partial charge in [-0.25, -0.2) is 4.98 Å². The normalized spacial score (nSPS) is 9.65. The van der Waals surface area contributed by atoms with Crippen molar-refractivity contribution in [3.05, 3.63) is 46.4 Å². The minimum atomic E-state index is -0.444. The van der Waals surface area contributed by atoms with Crippen LogP contribution < -0.4 is 10.3 Å². The number of rotatable bonds is 2. The molecule has 0 fully saturated rings. The summed E-state index contributed by atoms with van der Waals surface area (Å²) in [6, 6.07) is 8.91. The number of nitrogens with zero attached hydrogens (tertiary/aromatic N) is 2. The van der Waals surface area contributed by atoms with Crippen LogP contribution in [-0.2, 0) is 0 Å². The standard InChI is InChI=1S/C12H9N3O2/c1-17-10-4-2-3-8(5-10)11-14-7-9(6-13)12(16)15-11/h2-5,7H,1H3,(H,14,15,16). The van der Waals surface area contributed by atoms with E-state index in [0.717, 1.165) is 5.56 Å². The Balaban J connectivity index is 2.50. The molecule has 2 rings (SSSR count). The number of hydrogen-bond acceptors (Lipinski definition) is 4. The van der Waals surface area contributed by atoms with Gasteiger partial charge in [0.25, 0.3) is 5.56 Å². The summed E-state index contributed by atoms with van der Waals surface area (Å²) in [6.45, 7) is 0. The van der Waals surface area contributed by atoms with Gasteiger partial charge in [0.1, 0.15) is 23.2 Å². The predicted octanol–water partition coefficient (Wildman–Crippen LogP) is 1.32. The largest absolute Gasteiger partial charge is 0.497 e. The lowest BCUT2D eigenvalue weighted by Gasteiger charge is -2.03. The van der Waals surface area contributed by atoms with E-state index in [1.807, 2.05) is 0 Å². The van der Waals surface area contributed by atoms with E-state index in [0.29, 0.717) is 11.6 Å². The number of aromatic nitrogens is 2. The Labute approximate surface area is 97.3 Å². The van der Waals surface area contributed by atoms with Crippen LogP contribution in [0, 0.1) is 11.3 Å². The lowest BCUT2D eigenvalue weighted by molar-refractivity contribution is 0.415. The van der Waals surface area contributed by atoms with Crippen LogP contribution in [0.2, 0.25) is 0 Å². The fraction of sp³-hybridized carbons (Fsp3) is 0.0833. The molecule has 84 valence electrons. The zero-order chi connectivity index (χ0) is 12.3. The van der Waals surface area contributed by atoms with Gasteiger partial charge in [-0.2, -0.15) is 5.26 Å². The minimum absolute atomic E-state index is 0.00311. The molecular weight excluding hydrogens is 218 g/mol. The van der Waals surface area contributed by atoms with Crippen LogP contribution in [0.25, 0.3) is 11.4 Å². The molecule has 0 unspecified atom stereocenters. The van der Waals surface area contributed by atoms with Crippen molar-refractivity contribution in [1.29, 1.82) is 5.26 Å². The van der Waals surface area contributed by atoms with E-state index in [1.165, 1.54) is 6.20 Å². The third-order valence-corrected chi connectivity index (χ3v) is 2.26. The second-order valence-corrected chi connectivity index (χ2v) is 3.32. The molecule has 1 N–H and O–H groups in total. The van der Waals surface area contributed by atoms with Crippen molar-refractivity contribution < 1.29 is 4.74 Å². The molecule has 0 saturated carbocycles. The molecule has 17 heavy (non-hydrogen) atoms. The molecular formula is C12H9N3O2. The molecule has 0 aliphatic heterocycles. The lowest BCUT2D eigenvalue weighted by atomic mass is 10.2. The summed E-state index contributed by atoms with van der Waals surface area (Å²) in [7, 11) is 1.56. The fourth-order valence-electron chi connectivity index (χ4n) is 1.39. The topological polar surface area (TPSA) is 78.8 Å². The van der Waals surface area contributed by atoms with Crippen LogP contribution in [0.3, 0.4) is 0 Å². The van der Waals surface area contributed by atoms with E-state index >= 15 is 0 Å². The molecule has 5 nitrogen and oxygen atoms in total. The molecule has 0 radical (unpaired) electrons. The molecule has 1 aromatic heterocycles. The lowest BCUT2D eigenvalue weighted by Crippen LogP contribution is -2.12. The third-order valence-electron chi connectivity index (χ3n) is 2.26. The van der Waals surface area contributed by atoms with Gasteiger partial charge in [-0.3, -0.25) is 4.79 Å². The van der Waals surface area contributed by atoms with Crippen LogP contribution in [0.4, 0.5) is 0 Å². The summed E-state index contributed by atoms with van der Waals surface area (Å²) in [6.07, 6.45) is 1.26. The first kappa shape index (κ1) is 10.9. The van der Waals surface area contributed by atoms with E-state index in [1.54, 1.807) is 37.4 Å². The zero-order valence-electron chi connectivity index (χ0n) is 9.10. The number of nitrogens with one attached hydrogen (secondary N) is 1. The summed E-state index contributed by atoms with van der Waals surface area (Å²) < 4.78 is 5.08. The monoisotopic (exact) mass is 227 g/mol. The SMILES string of the molecule is COc1cccc(-c2ncc(C#N)c(=O)[nH]2)c1. The fourth-order valence-corrected chi connectivity index (χ4v) is 1.39. The van der Waals surface area contributed by atoms with Gasteiger partial charge >= 0.3 is 0 Å². The quantitative estimate of drug-likeness (QED) is 0.839. The van der Waals surface area contributed by atoms with Gasteiger partial charge in [-0.1, -0.05) is 12.1 Å². The first-order chi connectivity index (χ1) is 8.24. The van der Waals surface area contributed by atoms with E-state index in [9.17, 15) is 4.79 Å². The highest BCUT2D eigenvalue weighted by Gasteiger charge is 2.04. The maximum atomic E-state index is 11.4. The number of benzene rings is 1. The highest BCUT2D eigenvalue weighted by Crippen LogP contribution is 2.19. The Morgan fingerprint density at radius 1 is 1.47 bits per heavy atom. The number of hydrogen-bond donors (Lipinski definition) is 1. The Morgan fingerprint density at radius 2 is 2.29 bits per heavy atom. The molecule has 0 aliphatic carbocycles. The molecule has 0 bridgehead atoms. The molecule has 0 spiro atoms. The van der Waals surface area contributed by atoms with Crippen molar-refractivity contribution >= 4 is 0 Å². The van der Waals surface area contributed by atoms with E-state index in [2.05, 4.69) is 9.97 Å². The minimum Gasteiger partial charge on any atom is -0.497 e. The van der Waals surface area contributed by atoms with E-state index in [-0.39, 0.29) is 5.56 Å². The Kier molecular flexibility index (Phi) is 2.88. The highest BCUT2D eigenvalue weighted by molar-refractivity contribution is 5.57. The molecule has 5 heteroatoms. The van der Waals surface area contributed by atoms with Crippen molar-refractivity contribution in [2.45, 2.75) is 0 Å². The molecule has 0 aliphatic rings. The maximum absolute atomic E-state index is 11.4. The van der Waals surface area contributed by atoms with E-state index in [4.69, 9.17) is 10.00 Å². The van der Waals surface area contributed by atoms with Crippen molar-refractivity contribution in [2.24, 2.45) is 0 Å². The van der Waals surface area contributed by atoms with Gasteiger partial charge in [-0.15, -0.1) is 0 Å².